The predicted octanol–water partition coefficient (Wildman–Crippen LogP) is 1.71. The van der Waals surface area contributed by atoms with Crippen molar-refractivity contribution in [2.24, 2.45) is 5.92 Å². The first-order chi connectivity index (χ1) is 6.72. The summed E-state index contributed by atoms with van der Waals surface area (Å²) in [5, 5.41) is 0. The van der Waals surface area contributed by atoms with Crippen LogP contribution in [0.15, 0.2) is 12.4 Å². The summed E-state index contributed by atoms with van der Waals surface area (Å²) in [5.41, 5.74) is 0.459. The quantitative estimate of drug-likeness (QED) is 0.669. The van der Waals surface area contributed by atoms with Crippen LogP contribution >= 0.6 is 0 Å². The molecule has 0 spiro atoms. The van der Waals surface area contributed by atoms with E-state index in [0.29, 0.717) is 30.4 Å². The number of rotatable bonds is 5. The van der Waals surface area contributed by atoms with Gasteiger partial charge in [0.25, 0.3) is 0 Å². The Kier molecular flexibility index (Phi) is 4.04. The van der Waals surface area contributed by atoms with Gasteiger partial charge in [-0.25, -0.2) is 9.97 Å². The molecular weight excluding hydrogens is 180 g/mol. The Morgan fingerprint density at radius 3 is 2.57 bits per heavy atom. The zero-order valence-corrected chi connectivity index (χ0v) is 8.43. The van der Waals surface area contributed by atoms with Gasteiger partial charge in [0.2, 0.25) is 0 Å². The van der Waals surface area contributed by atoms with Crippen LogP contribution in [0.5, 0.6) is 6.01 Å². The van der Waals surface area contributed by atoms with Crippen molar-refractivity contribution in [2.45, 2.75) is 20.3 Å². The van der Waals surface area contributed by atoms with Gasteiger partial charge in [-0.15, -0.1) is 0 Å². The van der Waals surface area contributed by atoms with Crippen LogP contribution in [-0.4, -0.2) is 22.9 Å². The lowest BCUT2D eigenvalue weighted by Gasteiger charge is -2.05. The van der Waals surface area contributed by atoms with E-state index >= 15 is 0 Å². The number of hydrogen-bond donors (Lipinski definition) is 0. The molecule has 0 radical (unpaired) electrons. The molecule has 0 bridgehead atoms. The Morgan fingerprint density at radius 1 is 1.43 bits per heavy atom. The van der Waals surface area contributed by atoms with Crippen LogP contribution in [0.3, 0.4) is 0 Å². The molecule has 0 aliphatic rings. The molecule has 14 heavy (non-hydrogen) atoms. The highest BCUT2D eigenvalue weighted by Crippen LogP contribution is 2.04. The van der Waals surface area contributed by atoms with Gasteiger partial charge in [-0.1, -0.05) is 13.8 Å². The maximum absolute atomic E-state index is 10.3. The van der Waals surface area contributed by atoms with Crippen LogP contribution in [0.4, 0.5) is 0 Å². The van der Waals surface area contributed by atoms with Gasteiger partial charge < -0.3 is 4.74 Å². The van der Waals surface area contributed by atoms with Crippen LogP contribution < -0.4 is 4.74 Å². The van der Waals surface area contributed by atoms with Crippen molar-refractivity contribution in [3.63, 3.8) is 0 Å². The van der Waals surface area contributed by atoms with E-state index in [1.165, 1.54) is 12.4 Å². The minimum atomic E-state index is 0.330. The third kappa shape index (κ3) is 3.51. The Bertz CT molecular complexity index is 283. The molecule has 0 aliphatic heterocycles. The lowest BCUT2D eigenvalue weighted by Crippen LogP contribution is -2.04. The summed E-state index contributed by atoms with van der Waals surface area (Å²) in [6.07, 6.45) is 4.58. The molecule has 1 heterocycles. The molecule has 0 amide bonds. The fraction of sp³-hybridized carbons (Fsp3) is 0.500. The smallest absolute Gasteiger partial charge is 0.316 e. The third-order valence-electron chi connectivity index (χ3n) is 1.71. The van der Waals surface area contributed by atoms with E-state index < -0.39 is 0 Å². The molecule has 4 nitrogen and oxygen atoms in total. The first-order valence-electron chi connectivity index (χ1n) is 4.62. The first kappa shape index (κ1) is 10.6. The standard InChI is InChI=1S/C10H14N2O2/c1-8(2)3-4-14-10-11-5-9(7-13)6-12-10/h5-8H,3-4H2,1-2H3. The number of ether oxygens (including phenoxy) is 1. The number of carbonyl (C=O) groups is 1. The van der Waals surface area contributed by atoms with Crippen LogP contribution in [0.1, 0.15) is 30.6 Å². The van der Waals surface area contributed by atoms with Crippen LogP contribution in [0, 0.1) is 5.92 Å². The highest BCUT2D eigenvalue weighted by molar-refractivity contribution is 5.73. The van der Waals surface area contributed by atoms with Crippen molar-refractivity contribution in [1.29, 1.82) is 0 Å². The van der Waals surface area contributed by atoms with Gasteiger partial charge in [-0.2, -0.15) is 0 Å². The summed E-state index contributed by atoms with van der Waals surface area (Å²) in [6, 6.07) is 0.330. The van der Waals surface area contributed by atoms with Crippen molar-refractivity contribution in [2.75, 3.05) is 6.61 Å². The number of aromatic nitrogens is 2. The molecule has 0 atom stereocenters. The van der Waals surface area contributed by atoms with Crippen molar-refractivity contribution < 1.29 is 9.53 Å². The number of hydrogen-bond acceptors (Lipinski definition) is 4. The van der Waals surface area contributed by atoms with Crippen LogP contribution in [0.25, 0.3) is 0 Å². The maximum Gasteiger partial charge on any atom is 0.316 e. The average molecular weight is 194 g/mol. The highest BCUT2D eigenvalue weighted by Gasteiger charge is 1.99. The molecule has 76 valence electrons. The van der Waals surface area contributed by atoms with Gasteiger partial charge in [-0.05, 0) is 12.3 Å². The Morgan fingerprint density at radius 2 is 2.07 bits per heavy atom. The minimum Gasteiger partial charge on any atom is -0.463 e. The van der Waals surface area contributed by atoms with E-state index in [0.717, 1.165) is 6.42 Å². The second kappa shape index (κ2) is 5.32. The van der Waals surface area contributed by atoms with E-state index in [1.807, 2.05) is 0 Å². The highest BCUT2D eigenvalue weighted by atomic mass is 16.5. The molecule has 1 aromatic rings. The fourth-order valence-corrected chi connectivity index (χ4v) is 0.847. The number of aldehydes is 1. The first-order valence-corrected chi connectivity index (χ1v) is 4.62. The van der Waals surface area contributed by atoms with E-state index in [2.05, 4.69) is 23.8 Å². The van der Waals surface area contributed by atoms with Crippen molar-refractivity contribution in [1.82, 2.24) is 9.97 Å². The van der Waals surface area contributed by atoms with E-state index in [1.54, 1.807) is 0 Å². The largest absolute Gasteiger partial charge is 0.463 e. The Balaban J connectivity index is 2.40. The summed E-state index contributed by atoms with van der Waals surface area (Å²) in [7, 11) is 0. The van der Waals surface area contributed by atoms with E-state index in [-0.39, 0.29) is 0 Å². The van der Waals surface area contributed by atoms with Gasteiger partial charge in [0.1, 0.15) is 0 Å². The van der Waals surface area contributed by atoms with Crippen molar-refractivity contribution >= 4 is 6.29 Å². The molecule has 1 rings (SSSR count). The number of nitrogens with zero attached hydrogens (tertiary/aromatic N) is 2. The molecule has 0 unspecified atom stereocenters. The van der Waals surface area contributed by atoms with Gasteiger partial charge in [0.15, 0.2) is 6.29 Å². The molecule has 0 N–H and O–H groups in total. The van der Waals surface area contributed by atoms with Gasteiger partial charge in [0, 0.05) is 12.4 Å². The van der Waals surface area contributed by atoms with Crippen LogP contribution in [-0.2, 0) is 0 Å². The number of carbonyl (C=O) groups excluding carboxylic acids is 1. The normalized spacial score (nSPS) is 10.2. The molecule has 0 saturated carbocycles. The monoisotopic (exact) mass is 194 g/mol. The summed E-state index contributed by atoms with van der Waals surface area (Å²) in [5.74, 6) is 0.601. The second-order valence-electron chi connectivity index (χ2n) is 3.45. The molecule has 4 heteroatoms. The lowest BCUT2D eigenvalue weighted by atomic mass is 10.1. The summed E-state index contributed by atoms with van der Waals surface area (Å²) in [4.78, 5) is 18.1. The summed E-state index contributed by atoms with van der Waals surface area (Å²) >= 11 is 0. The van der Waals surface area contributed by atoms with Gasteiger partial charge >= 0.3 is 6.01 Å². The zero-order chi connectivity index (χ0) is 10.4. The molecular formula is C10H14N2O2. The summed E-state index contributed by atoms with van der Waals surface area (Å²) in [6.45, 7) is 4.86. The van der Waals surface area contributed by atoms with Gasteiger partial charge in [-0.3, -0.25) is 4.79 Å². The second-order valence-corrected chi connectivity index (χ2v) is 3.45. The molecule has 0 aliphatic carbocycles. The maximum atomic E-state index is 10.3. The van der Waals surface area contributed by atoms with E-state index in [9.17, 15) is 4.79 Å². The SMILES string of the molecule is CC(C)CCOc1ncc(C=O)cn1. The molecule has 0 fully saturated rings. The predicted molar refractivity (Wildman–Crippen MR) is 52.4 cm³/mol. The van der Waals surface area contributed by atoms with E-state index in [4.69, 9.17) is 4.74 Å². The average Bonchev–Trinajstić information content (AvgIpc) is 2.18. The molecule has 1 aromatic heterocycles. The van der Waals surface area contributed by atoms with Crippen LogP contribution in [0.2, 0.25) is 0 Å². The molecule has 0 saturated heterocycles. The third-order valence-corrected chi connectivity index (χ3v) is 1.71. The van der Waals surface area contributed by atoms with Crippen molar-refractivity contribution in [3.05, 3.63) is 18.0 Å². The lowest BCUT2D eigenvalue weighted by molar-refractivity contribution is 0.112. The zero-order valence-electron chi connectivity index (χ0n) is 8.43. The Labute approximate surface area is 83.3 Å². The van der Waals surface area contributed by atoms with Gasteiger partial charge in [0.05, 0.1) is 12.2 Å². The topological polar surface area (TPSA) is 52.1 Å². The minimum absolute atomic E-state index is 0.330. The molecule has 0 aromatic carbocycles. The summed E-state index contributed by atoms with van der Waals surface area (Å²) < 4.78 is 5.28. The fourth-order valence-electron chi connectivity index (χ4n) is 0.847. The Hall–Kier alpha value is -1.45. The van der Waals surface area contributed by atoms with Crippen molar-refractivity contribution in [3.8, 4) is 6.01 Å².